The summed E-state index contributed by atoms with van der Waals surface area (Å²) in [6.07, 6.45) is 2.54. The molecule has 2 unspecified atom stereocenters. The molecular weight excluding hydrogens is 208 g/mol. The predicted molar refractivity (Wildman–Crippen MR) is 63.6 cm³/mol. The summed E-state index contributed by atoms with van der Waals surface area (Å²) in [7, 11) is 0. The van der Waals surface area contributed by atoms with Gasteiger partial charge in [-0.1, -0.05) is 0 Å². The summed E-state index contributed by atoms with van der Waals surface area (Å²) in [6.45, 7) is 7.17. The van der Waals surface area contributed by atoms with Crippen LogP contribution < -0.4 is 5.32 Å². The molecule has 0 bridgehead atoms. The van der Waals surface area contributed by atoms with Gasteiger partial charge >= 0.3 is 0 Å². The van der Waals surface area contributed by atoms with Crippen LogP contribution in [0.15, 0.2) is 0 Å². The summed E-state index contributed by atoms with van der Waals surface area (Å²) in [5.74, 6) is 0. The molecule has 1 aliphatic rings. The Morgan fingerprint density at radius 2 is 2.27 bits per heavy atom. The number of nitrogens with zero attached hydrogens (tertiary/aromatic N) is 1. The van der Waals surface area contributed by atoms with Crippen LogP contribution in [0.1, 0.15) is 30.3 Å². The lowest BCUT2D eigenvalue weighted by Crippen LogP contribution is -2.32. The Balaban J connectivity index is 1.96. The van der Waals surface area contributed by atoms with Gasteiger partial charge in [-0.15, -0.1) is 11.3 Å². The molecule has 1 saturated heterocycles. The van der Waals surface area contributed by atoms with Crippen LogP contribution in [0.2, 0.25) is 0 Å². The van der Waals surface area contributed by atoms with Crippen molar-refractivity contribution < 1.29 is 4.74 Å². The monoisotopic (exact) mass is 226 g/mol. The van der Waals surface area contributed by atoms with E-state index >= 15 is 0 Å². The van der Waals surface area contributed by atoms with E-state index in [1.807, 2.05) is 0 Å². The summed E-state index contributed by atoms with van der Waals surface area (Å²) < 4.78 is 5.52. The highest BCUT2D eigenvalue weighted by molar-refractivity contribution is 7.15. The SMILES string of the molecule is Cc1nc(NC2CCOC(C)C2)sc1C. The number of thiazole rings is 1. The van der Waals surface area contributed by atoms with Crippen LogP contribution in [-0.4, -0.2) is 23.7 Å². The molecule has 3 nitrogen and oxygen atoms in total. The molecule has 0 radical (unpaired) electrons. The van der Waals surface area contributed by atoms with E-state index in [9.17, 15) is 0 Å². The summed E-state index contributed by atoms with van der Waals surface area (Å²) in [5, 5.41) is 4.56. The van der Waals surface area contributed by atoms with E-state index in [1.165, 1.54) is 4.88 Å². The van der Waals surface area contributed by atoms with Gasteiger partial charge in [-0.2, -0.15) is 0 Å². The highest BCUT2D eigenvalue weighted by atomic mass is 32.1. The van der Waals surface area contributed by atoms with E-state index in [1.54, 1.807) is 11.3 Å². The van der Waals surface area contributed by atoms with Crippen molar-refractivity contribution in [3.05, 3.63) is 10.6 Å². The van der Waals surface area contributed by atoms with Crippen molar-refractivity contribution in [2.75, 3.05) is 11.9 Å². The molecule has 1 N–H and O–H groups in total. The van der Waals surface area contributed by atoms with Gasteiger partial charge in [-0.3, -0.25) is 0 Å². The van der Waals surface area contributed by atoms with Crippen LogP contribution in [0, 0.1) is 13.8 Å². The summed E-state index contributed by atoms with van der Waals surface area (Å²) >= 11 is 1.75. The molecule has 1 aliphatic heterocycles. The lowest BCUT2D eigenvalue weighted by Gasteiger charge is -2.27. The second kappa shape index (κ2) is 4.49. The minimum Gasteiger partial charge on any atom is -0.378 e. The van der Waals surface area contributed by atoms with E-state index in [2.05, 4.69) is 31.1 Å². The van der Waals surface area contributed by atoms with Gasteiger partial charge in [-0.05, 0) is 33.6 Å². The van der Waals surface area contributed by atoms with Crippen LogP contribution in [0.5, 0.6) is 0 Å². The van der Waals surface area contributed by atoms with E-state index in [0.29, 0.717) is 12.1 Å². The number of aromatic nitrogens is 1. The average molecular weight is 226 g/mol. The second-order valence-corrected chi connectivity index (χ2v) is 5.41. The third-order valence-electron chi connectivity index (χ3n) is 2.84. The fraction of sp³-hybridized carbons (Fsp3) is 0.727. The van der Waals surface area contributed by atoms with Gasteiger partial charge in [0.1, 0.15) is 0 Å². The Morgan fingerprint density at radius 1 is 1.47 bits per heavy atom. The van der Waals surface area contributed by atoms with Crippen molar-refractivity contribution in [2.24, 2.45) is 0 Å². The summed E-state index contributed by atoms with van der Waals surface area (Å²) in [4.78, 5) is 5.80. The first-order valence-corrected chi connectivity index (χ1v) is 6.29. The van der Waals surface area contributed by atoms with Crippen LogP contribution in [-0.2, 0) is 4.74 Å². The number of rotatable bonds is 2. The minimum absolute atomic E-state index is 0.374. The second-order valence-electron chi connectivity index (χ2n) is 4.21. The maximum Gasteiger partial charge on any atom is 0.183 e. The zero-order valence-corrected chi connectivity index (χ0v) is 10.4. The molecular formula is C11H18N2OS. The smallest absolute Gasteiger partial charge is 0.183 e. The van der Waals surface area contributed by atoms with Crippen molar-refractivity contribution in [3.8, 4) is 0 Å². The van der Waals surface area contributed by atoms with Gasteiger partial charge in [0.05, 0.1) is 11.8 Å². The number of aryl methyl sites for hydroxylation is 2. The Morgan fingerprint density at radius 3 is 2.87 bits per heavy atom. The van der Waals surface area contributed by atoms with Gasteiger partial charge < -0.3 is 10.1 Å². The normalized spacial score (nSPS) is 26.6. The van der Waals surface area contributed by atoms with E-state index in [-0.39, 0.29) is 0 Å². The van der Waals surface area contributed by atoms with Crippen molar-refractivity contribution in [1.29, 1.82) is 0 Å². The van der Waals surface area contributed by atoms with Gasteiger partial charge in [0.15, 0.2) is 5.13 Å². The summed E-state index contributed by atoms with van der Waals surface area (Å²) in [6, 6.07) is 0.527. The topological polar surface area (TPSA) is 34.2 Å². The maximum atomic E-state index is 5.52. The Bertz CT molecular complexity index is 318. The number of anilines is 1. The number of nitrogens with one attached hydrogen (secondary N) is 1. The molecule has 0 aromatic carbocycles. The first kappa shape index (κ1) is 10.9. The Kier molecular flexibility index (Phi) is 3.26. The molecule has 0 aliphatic carbocycles. The molecule has 1 aromatic heterocycles. The quantitative estimate of drug-likeness (QED) is 0.842. The van der Waals surface area contributed by atoms with E-state index in [0.717, 1.165) is 30.3 Å². The molecule has 4 heteroatoms. The van der Waals surface area contributed by atoms with Crippen molar-refractivity contribution in [1.82, 2.24) is 4.98 Å². The van der Waals surface area contributed by atoms with Crippen LogP contribution in [0.3, 0.4) is 0 Å². The molecule has 84 valence electrons. The highest BCUT2D eigenvalue weighted by Gasteiger charge is 2.20. The van der Waals surface area contributed by atoms with Crippen LogP contribution >= 0.6 is 11.3 Å². The Labute approximate surface area is 94.9 Å². The van der Waals surface area contributed by atoms with Crippen LogP contribution in [0.25, 0.3) is 0 Å². The molecule has 2 atom stereocenters. The molecule has 0 spiro atoms. The largest absolute Gasteiger partial charge is 0.378 e. The minimum atomic E-state index is 0.374. The van der Waals surface area contributed by atoms with Crippen molar-refractivity contribution in [3.63, 3.8) is 0 Å². The Hall–Kier alpha value is -0.610. The van der Waals surface area contributed by atoms with Gasteiger partial charge in [0.2, 0.25) is 0 Å². The van der Waals surface area contributed by atoms with Gasteiger partial charge in [0, 0.05) is 17.5 Å². The molecule has 0 amide bonds. The summed E-state index contributed by atoms with van der Waals surface area (Å²) in [5.41, 5.74) is 1.14. The highest BCUT2D eigenvalue weighted by Crippen LogP contribution is 2.24. The zero-order chi connectivity index (χ0) is 10.8. The maximum absolute atomic E-state index is 5.52. The lowest BCUT2D eigenvalue weighted by molar-refractivity contribution is 0.0232. The number of hydrogen-bond donors (Lipinski definition) is 1. The lowest BCUT2D eigenvalue weighted by atomic mass is 10.1. The third-order valence-corrected chi connectivity index (χ3v) is 3.85. The fourth-order valence-electron chi connectivity index (χ4n) is 1.84. The molecule has 15 heavy (non-hydrogen) atoms. The predicted octanol–water partition coefficient (Wildman–Crippen LogP) is 2.74. The molecule has 2 rings (SSSR count). The zero-order valence-electron chi connectivity index (χ0n) is 9.54. The molecule has 1 aromatic rings. The van der Waals surface area contributed by atoms with Gasteiger partial charge in [0.25, 0.3) is 0 Å². The first-order chi connectivity index (χ1) is 7.15. The average Bonchev–Trinajstić information content (AvgIpc) is 2.45. The molecule has 1 fully saturated rings. The first-order valence-electron chi connectivity index (χ1n) is 5.47. The molecule has 0 saturated carbocycles. The standard InChI is InChI=1S/C11H18N2OS/c1-7-6-10(4-5-14-7)13-11-12-8(2)9(3)15-11/h7,10H,4-6H2,1-3H3,(H,12,13). The molecule has 2 heterocycles. The number of hydrogen-bond acceptors (Lipinski definition) is 4. The van der Waals surface area contributed by atoms with Gasteiger partial charge in [-0.25, -0.2) is 4.98 Å². The number of ether oxygens (including phenoxy) is 1. The third kappa shape index (κ3) is 2.69. The van der Waals surface area contributed by atoms with Crippen molar-refractivity contribution in [2.45, 2.75) is 45.8 Å². The van der Waals surface area contributed by atoms with E-state index in [4.69, 9.17) is 4.74 Å². The van der Waals surface area contributed by atoms with E-state index < -0.39 is 0 Å². The fourth-order valence-corrected chi connectivity index (χ4v) is 2.73. The van der Waals surface area contributed by atoms with Crippen molar-refractivity contribution >= 4 is 16.5 Å². The van der Waals surface area contributed by atoms with Crippen LogP contribution in [0.4, 0.5) is 5.13 Å².